The summed E-state index contributed by atoms with van der Waals surface area (Å²) in [5.74, 6) is 0. The first-order valence-electron chi connectivity index (χ1n) is 5.49. The van der Waals surface area contributed by atoms with Crippen molar-refractivity contribution in [2.24, 2.45) is 0 Å². The molecule has 0 heterocycles. The summed E-state index contributed by atoms with van der Waals surface area (Å²) < 4.78 is 6.57. The molecule has 0 amide bonds. The van der Waals surface area contributed by atoms with Gasteiger partial charge in [0, 0.05) is 27.7 Å². The van der Waals surface area contributed by atoms with Gasteiger partial charge in [0.2, 0.25) is 0 Å². The Morgan fingerprint density at radius 1 is 1.24 bits per heavy atom. The third-order valence-electron chi connectivity index (χ3n) is 3.04. The van der Waals surface area contributed by atoms with E-state index in [1.54, 1.807) is 7.11 Å². The van der Waals surface area contributed by atoms with Crippen LogP contribution >= 0.6 is 47.8 Å². The van der Waals surface area contributed by atoms with Crippen molar-refractivity contribution < 1.29 is 4.74 Å². The number of benzene rings is 1. The Morgan fingerprint density at radius 3 is 2.29 bits per heavy atom. The molecule has 0 saturated carbocycles. The third kappa shape index (κ3) is 3.79. The predicted octanol–water partition coefficient (Wildman–Crippen LogP) is 4.90. The fourth-order valence-corrected chi connectivity index (χ4v) is 4.62. The Balaban J connectivity index is 3.11. The maximum atomic E-state index is 5.41. The van der Waals surface area contributed by atoms with Crippen LogP contribution in [0.25, 0.3) is 0 Å². The molecule has 0 aliphatic carbocycles. The van der Waals surface area contributed by atoms with Gasteiger partial charge in [-0.2, -0.15) is 0 Å². The molecule has 4 heteroatoms. The van der Waals surface area contributed by atoms with Gasteiger partial charge >= 0.3 is 0 Å². The van der Waals surface area contributed by atoms with E-state index < -0.39 is 0 Å². The summed E-state index contributed by atoms with van der Waals surface area (Å²) in [4.78, 5) is 0. The number of halogens is 3. The minimum Gasteiger partial charge on any atom is -0.382 e. The predicted molar refractivity (Wildman–Crippen MR) is 84.5 cm³/mol. The van der Waals surface area contributed by atoms with Gasteiger partial charge in [-0.3, -0.25) is 0 Å². The van der Waals surface area contributed by atoms with Gasteiger partial charge in [-0.05, 0) is 25.0 Å². The molecule has 0 aliphatic rings. The normalized spacial score (nSPS) is 13.7. The van der Waals surface area contributed by atoms with Crippen molar-refractivity contribution in [3.63, 3.8) is 0 Å². The number of methoxy groups -OCH3 is 1. The monoisotopic (exact) mass is 426 g/mol. The van der Waals surface area contributed by atoms with Crippen molar-refractivity contribution >= 4 is 47.8 Å². The van der Waals surface area contributed by atoms with Gasteiger partial charge < -0.3 is 4.74 Å². The van der Waals surface area contributed by atoms with Crippen LogP contribution < -0.4 is 0 Å². The van der Waals surface area contributed by atoms with Crippen molar-refractivity contribution in [3.8, 4) is 0 Å². The van der Waals surface area contributed by atoms with Crippen LogP contribution in [-0.2, 0) is 10.2 Å². The van der Waals surface area contributed by atoms with E-state index in [0.29, 0.717) is 0 Å². The highest BCUT2D eigenvalue weighted by molar-refractivity contribution is 9.10. The van der Waals surface area contributed by atoms with E-state index in [-0.39, 0.29) is 11.5 Å². The van der Waals surface area contributed by atoms with Gasteiger partial charge in [-0.1, -0.05) is 66.0 Å². The van der Waals surface area contributed by atoms with Gasteiger partial charge in [0.25, 0.3) is 0 Å². The van der Waals surface area contributed by atoms with E-state index >= 15 is 0 Å². The molecule has 1 rings (SSSR count). The molecule has 0 radical (unpaired) electrons. The largest absolute Gasteiger partial charge is 0.382 e. The molecule has 0 saturated heterocycles. The summed E-state index contributed by atoms with van der Waals surface area (Å²) in [5, 5.41) is 1.81. The van der Waals surface area contributed by atoms with Crippen LogP contribution in [0.1, 0.15) is 18.9 Å². The first-order valence-corrected chi connectivity index (χ1v) is 8.53. The smallest absolute Gasteiger partial charge is 0.0552 e. The van der Waals surface area contributed by atoms with Crippen molar-refractivity contribution in [2.45, 2.75) is 24.9 Å². The zero-order valence-electron chi connectivity index (χ0n) is 10.1. The minimum atomic E-state index is 0.0511. The highest BCUT2D eigenvalue weighted by Gasteiger charge is 2.33. The molecule has 96 valence electrons. The summed E-state index contributed by atoms with van der Waals surface area (Å²) in [6, 6.07) is 8.39. The van der Waals surface area contributed by atoms with Crippen LogP contribution in [0.5, 0.6) is 0 Å². The van der Waals surface area contributed by atoms with Crippen molar-refractivity contribution in [1.82, 2.24) is 0 Å². The molecule has 0 aliphatic heterocycles. The second-order valence-electron chi connectivity index (χ2n) is 4.28. The standard InChI is InChI=1S/C13H17Br3O/c1-10(17-2)7-13(8-14,9-15)11-5-3-4-6-12(11)16/h3-6,10H,7-9H2,1-2H3. The Kier molecular flexibility index (Phi) is 6.70. The number of ether oxygens (including phenoxy) is 1. The van der Waals surface area contributed by atoms with Crippen LogP contribution in [0.15, 0.2) is 28.7 Å². The molecular formula is C13H17Br3O. The highest BCUT2D eigenvalue weighted by Crippen LogP contribution is 2.38. The van der Waals surface area contributed by atoms with E-state index in [1.165, 1.54) is 5.56 Å². The van der Waals surface area contributed by atoms with Gasteiger partial charge in [0.1, 0.15) is 0 Å². The van der Waals surface area contributed by atoms with E-state index in [2.05, 4.69) is 72.9 Å². The van der Waals surface area contributed by atoms with E-state index in [4.69, 9.17) is 4.74 Å². The van der Waals surface area contributed by atoms with E-state index in [9.17, 15) is 0 Å². The Morgan fingerprint density at radius 2 is 1.82 bits per heavy atom. The molecule has 1 atom stereocenters. The van der Waals surface area contributed by atoms with Crippen LogP contribution in [0, 0.1) is 0 Å². The molecule has 1 nitrogen and oxygen atoms in total. The highest BCUT2D eigenvalue weighted by atomic mass is 79.9. The number of hydrogen-bond donors (Lipinski definition) is 0. The Bertz CT molecular complexity index is 350. The van der Waals surface area contributed by atoms with E-state index in [0.717, 1.165) is 21.6 Å². The molecule has 0 fully saturated rings. The summed E-state index contributed by atoms with van der Waals surface area (Å²) in [7, 11) is 1.76. The fraction of sp³-hybridized carbons (Fsp3) is 0.538. The average molecular weight is 429 g/mol. The molecule has 0 bridgehead atoms. The van der Waals surface area contributed by atoms with Crippen LogP contribution in [0.3, 0.4) is 0 Å². The summed E-state index contributed by atoms with van der Waals surface area (Å²) >= 11 is 11.0. The lowest BCUT2D eigenvalue weighted by atomic mass is 9.80. The average Bonchev–Trinajstić information content (AvgIpc) is 2.36. The summed E-state index contributed by atoms with van der Waals surface area (Å²) in [5.41, 5.74) is 1.37. The van der Waals surface area contributed by atoms with Gasteiger partial charge in [0.15, 0.2) is 0 Å². The lowest BCUT2D eigenvalue weighted by Crippen LogP contribution is -2.34. The maximum absolute atomic E-state index is 5.41. The quantitative estimate of drug-likeness (QED) is 0.585. The zero-order valence-corrected chi connectivity index (χ0v) is 14.8. The molecule has 0 aromatic heterocycles. The molecule has 1 aromatic rings. The maximum Gasteiger partial charge on any atom is 0.0552 e. The lowest BCUT2D eigenvalue weighted by molar-refractivity contribution is 0.0944. The van der Waals surface area contributed by atoms with Gasteiger partial charge in [0.05, 0.1) is 6.10 Å². The number of alkyl halides is 2. The summed E-state index contributed by atoms with van der Waals surface area (Å²) in [6.07, 6.45) is 1.21. The van der Waals surface area contributed by atoms with Crippen molar-refractivity contribution in [2.75, 3.05) is 17.8 Å². The fourth-order valence-electron chi connectivity index (χ4n) is 1.92. The van der Waals surface area contributed by atoms with E-state index in [1.807, 2.05) is 6.07 Å². The molecule has 0 N–H and O–H groups in total. The molecule has 1 unspecified atom stereocenters. The zero-order chi connectivity index (χ0) is 12.9. The second kappa shape index (κ2) is 7.27. The van der Waals surface area contributed by atoms with Crippen LogP contribution in [0.4, 0.5) is 0 Å². The molecule has 1 aromatic carbocycles. The first kappa shape index (κ1) is 15.7. The minimum absolute atomic E-state index is 0.0511. The Labute approximate surface area is 129 Å². The van der Waals surface area contributed by atoms with Crippen molar-refractivity contribution in [1.29, 1.82) is 0 Å². The molecule has 0 spiro atoms. The van der Waals surface area contributed by atoms with Crippen molar-refractivity contribution in [3.05, 3.63) is 34.3 Å². The molecular weight excluding hydrogens is 412 g/mol. The van der Waals surface area contributed by atoms with Gasteiger partial charge in [-0.25, -0.2) is 0 Å². The number of rotatable bonds is 6. The Hall–Kier alpha value is 0.620. The SMILES string of the molecule is COC(C)CC(CBr)(CBr)c1ccccc1Br. The number of hydrogen-bond acceptors (Lipinski definition) is 1. The van der Waals surface area contributed by atoms with Gasteiger partial charge in [-0.15, -0.1) is 0 Å². The third-order valence-corrected chi connectivity index (χ3v) is 5.88. The summed E-state index contributed by atoms with van der Waals surface area (Å²) in [6.45, 7) is 2.11. The molecule has 17 heavy (non-hydrogen) atoms. The second-order valence-corrected chi connectivity index (χ2v) is 6.25. The van der Waals surface area contributed by atoms with Crippen LogP contribution in [0.2, 0.25) is 0 Å². The lowest BCUT2D eigenvalue weighted by Gasteiger charge is -2.33. The van der Waals surface area contributed by atoms with Crippen LogP contribution in [-0.4, -0.2) is 23.9 Å². The first-order chi connectivity index (χ1) is 8.09. The topological polar surface area (TPSA) is 9.23 Å².